The molecule has 0 amide bonds. The van der Waals surface area contributed by atoms with Gasteiger partial charge >= 0.3 is 0 Å². The Morgan fingerprint density at radius 1 is 1.41 bits per heavy atom. The Labute approximate surface area is 114 Å². The van der Waals surface area contributed by atoms with Crippen LogP contribution in [0.5, 0.6) is 0 Å². The summed E-state index contributed by atoms with van der Waals surface area (Å²) in [4.78, 5) is 1.34. The summed E-state index contributed by atoms with van der Waals surface area (Å²) in [7, 11) is 0. The maximum absolute atomic E-state index is 5.99. The molecular formula is C14H22ClNS. The molecule has 1 saturated carbocycles. The Morgan fingerprint density at radius 3 is 2.76 bits per heavy atom. The molecule has 0 saturated heterocycles. The summed E-state index contributed by atoms with van der Waals surface area (Å²) in [5, 5.41) is 3.79. The molecule has 1 aromatic rings. The van der Waals surface area contributed by atoms with Gasteiger partial charge in [-0.2, -0.15) is 0 Å². The molecule has 17 heavy (non-hydrogen) atoms. The molecule has 96 valence electrons. The zero-order valence-electron chi connectivity index (χ0n) is 10.9. The van der Waals surface area contributed by atoms with Crippen LogP contribution in [0.4, 0.5) is 0 Å². The summed E-state index contributed by atoms with van der Waals surface area (Å²) in [6.07, 6.45) is 5.38. The predicted molar refractivity (Wildman–Crippen MR) is 76.9 cm³/mol. The first-order chi connectivity index (χ1) is 7.99. The van der Waals surface area contributed by atoms with Crippen LogP contribution in [0, 0.1) is 5.41 Å². The molecule has 1 heterocycles. The molecule has 0 radical (unpaired) electrons. The van der Waals surface area contributed by atoms with Crippen LogP contribution in [0.25, 0.3) is 0 Å². The van der Waals surface area contributed by atoms with Crippen molar-refractivity contribution in [3.63, 3.8) is 0 Å². The van der Waals surface area contributed by atoms with E-state index in [4.69, 9.17) is 11.6 Å². The average Bonchev–Trinajstić information content (AvgIpc) is 2.68. The molecule has 0 bridgehead atoms. The molecular weight excluding hydrogens is 250 g/mol. The van der Waals surface area contributed by atoms with E-state index in [1.54, 1.807) is 11.3 Å². The molecule has 1 aliphatic carbocycles. The van der Waals surface area contributed by atoms with E-state index < -0.39 is 0 Å². The minimum atomic E-state index is 0.412. The number of nitrogens with one attached hydrogen (secondary N) is 1. The Bertz CT molecular complexity index is 372. The van der Waals surface area contributed by atoms with Gasteiger partial charge in [0, 0.05) is 17.0 Å². The lowest BCUT2D eigenvalue weighted by Gasteiger charge is -2.40. The van der Waals surface area contributed by atoms with E-state index in [2.05, 4.69) is 32.2 Å². The van der Waals surface area contributed by atoms with Crippen LogP contribution in [-0.4, -0.2) is 6.04 Å². The molecule has 1 aromatic heterocycles. The standard InChI is InChI=1S/C14H22ClNS/c1-10(11-7-8-13(15)17-11)16-12-6-4-5-9-14(12,2)3/h7-8,10,12,16H,4-6,9H2,1-3H3. The van der Waals surface area contributed by atoms with Gasteiger partial charge in [0.25, 0.3) is 0 Å². The monoisotopic (exact) mass is 271 g/mol. The fourth-order valence-corrected chi connectivity index (χ4v) is 3.82. The van der Waals surface area contributed by atoms with Gasteiger partial charge in [0.05, 0.1) is 4.34 Å². The average molecular weight is 272 g/mol. The second-order valence-electron chi connectivity index (χ2n) is 5.82. The minimum Gasteiger partial charge on any atom is -0.306 e. The first kappa shape index (κ1) is 13.4. The van der Waals surface area contributed by atoms with Gasteiger partial charge in [-0.1, -0.05) is 38.3 Å². The zero-order chi connectivity index (χ0) is 12.5. The quantitative estimate of drug-likeness (QED) is 0.814. The number of rotatable bonds is 3. The van der Waals surface area contributed by atoms with Gasteiger partial charge in [-0.15, -0.1) is 11.3 Å². The molecule has 0 aliphatic heterocycles. The van der Waals surface area contributed by atoms with Crippen molar-refractivity contribution >= 4 is 22.9 Å². The van der Waals surface area contributed by atoms with Crippen molar-refractivity contribution in [3.8, 4) is 0 Å². The number of hydrogen-bond donors (Lipinski definition) is 1. The molecule has 2 atom stereocenters. The van der Waals surface area contributed by atoms with Crippen molar-refractivity contribution in [1.29, 1.82) is 0 Å². The lowest BCUT2D eigenvalue weighted by Crippen LogP contribution is -2.44. The lowest BCUT2D eigenvalue weighted by atomic mass is 9.73. The van der Waals surface area contributed by atoms with Crippen LogP contribution < -0.4 is 5.32 Å². The Hall–Kier alpha value is -0.0500. The van der Waals surface area contributed by atoms with Gasteiger partial charge in [-0.05, 0) is 37.3 Å². The van der Waals surface area contributed by atoms with Gasteiger partial charge in [0.15, 0.2) is 0 Å². The van der Waals surface area contributed by atoms with Crippen molar-refractivity contribution in [2.75, 3.05) is 0 Å². The highest BCUT2D eigenvalue weighted by molar-refractivity contribution is 7.16. The van der Waals surface area contributed by atoms with Crippen molar-refractivity contribution in [2.45, 2.75) is 58.5 Å². The minimum absolute atomic E-state index is 0.412. The van der Waals surface area contributed by atoms with Crippen molar-refractivity contribution in [2.24, 2.45) is 5.41 Å². The maximum Gasteiger partial charge on any atom is 0.0931 e. The van der Waals surface area contributed by atoms with E-state index in [-0.39, 0.29) is 0 Å². The van der Waals surface area contributed by atoms with Crippen molar-refractivity contribution < 1.29 is 0 Å². The van der Waals surface area contributed by atoms with Crippen LogP contribution in [0.3, 0.4) is 0 Å². The molecule has 1 nitrogen and oxygen atoms in total. The van der Waals surface area contributed by atoms with Crippen LogP contribution in [-0.2, 0) is 0 Å². The highest BCUT2D eigenvalue weighted by Crippen LogP contribution is 2.37. The van der Waals surface area contributed by atoms with E-state index in [9.17, 15) is 0 Å². The molecule has 1 N–H and O–H groups in total. The summed E-state index contributed by atoms with van der Waals surface area (Å²) in [5.41, 5.74) is 0.424. The van der Waals surface area contributed by atoms with Crippen molar-refractivity contribution in [3.05, 3.63) is 21.3 Å². The van der Waals surface area contributed by atoms with E-state index in [1.165, 1.54) is 30.6 Å². The third-order valence-corrected chi connectivity index (χ3v) is 5.39. The second kappa shape index (κ2) is 5.29. The number of thiophene rings is 1. The van der Waals surface area contributed by atoms with Crippen LogP contribution in [0.15, 0.2) is 12.1 Å². The first-order valence-electron chi connectivity index (χ1n) is 6.50. The molecule has 0 aromatic carbocycles. The summed E-state index contributed by atoms with van der Waals surface area (Å²) in [6.45, 7) is 7.02. The highest BCUT2D eigenvalue weighted by Gasteiger charge is 2.32. The van der Waals surface area contributed by atoms with Gasteiger partial charge in [-0.25, -0.2) is 0 Å². The molecule has 0 spiro atoms. The second-order valence-corrected chi connectivity index (χ2v) is 7.56. The van der Waals surface area contributed by atoms with Gasteiger partial charge < -0.3 is 5.32 Å². The van der Waals surface area contributed by atoms with Crippen LogP contribution >= 0.6 is 22.9 Å². The van der Waals surface area contributed by atoms with E-state index in [0.29, 0.717) is 17.5 Å². The highest BCUT2D eigenvalue weighted by atomic mass is 35.5. The summed E-state index contributed by atoms with van der Waals surface area (Å²) >= 11 is 7.68. The number of hydrogen-bond acceptors (Lipinski definition) is 2. The van der Waals surface area contributed by atoms with Crippen LogP contribution in [0.1, 0.15) is 57.4 Å². The fourth-order valence-electron chi connectivity index (χ4n) is 2.75. The third kappa shape index (κ3) is 3.24. The van der Waals surface area contributed by atoms with E-state index in [0.717, 1.165) is 4.34 Å². The molecule has 1 fully saturated rings. The smallest absolute Gasteiger partial charge is 0.0931 e. The lowest BCUT2D eigenvalue weighted by molar-refractivity contribution is 0.158. The number of halogens is 1. The molecule has 3 heteroatoms. The summed E-state index contributed by atoms with van der Waals surface area (Å²) in [5.74, 6) is 0. The van der Waals surface area contributed by atoms with E-state index in [1.807, 2.05) is 6.07 Å². The largest absolute Gasteiger partial charge is 0.306 e. The summed E-state index contributed by atoms with van der Waals surface area (Å²) in [6, 6.07) is 5.17. The SMILES string of the molecule is CC(NC1CCCCC1(C)C)c1ccc(Cl)s1. The molecule has 1 aliphatic rings. The fraction of sp³-hybridized carbons (Fsp3) is 0.714. The zero-order valence-corrected chi connectivity index (χ0v) is 12.5. The van der Waals surface area contributed by atoms with Gasteiger partial charge in [0.1, 0.15) is 0 Å². The third-order valence-electron chi connectivity index (χ3n) is 3.98. The predicted octanol–water partition coefficient (Wildman–Crippen LogP) is 5.02. The topological polar surface area (TPSA) is 12.0 Å². The maximum atomic E-state index is 5.99. The Balaban J connectivity index is 2.00. The summed E-state index contributed by atoms with van der Waals surface area (Å²) < 4.78 is 0.886. The first-order valence-corrected chi connectivity index (χ1v) is 7.70. The normalized spacial score (nSPS) is 25.8. The van der Waals surface area contributed by atoms with Gasteiger partial charge in [0.2, 0.25) is 0 Å². The van der Waals surface area contributed by atoms with Crippen molar-refractivity contribution in [1.82, 2.24) is 5.32 Å². The van der Waals surface area contributed by atoms with Crippen LogP contribution in [0.2, 0.25) is 4.34 Å². The molecule has 2 rings (SSSR count). The Morgan fingerprint density at radius 2 is 2.18 bits per heavy atom. The molecule has 2 unspecified atom stereocenters. The Kier molecular flexibility index (Phi) is 4.17. The van der Waals surface area contributed by atoms with Gasteiger partial charge in [-0.3, -0.25) is 0 Å². The van der Waals surface area contributed by atoms with E-state index >= 15 is 0 Å².